The highest BCUT2D eigenvalue weighted by Crippen LogP contribution is 2.43. The molecule has 0 radical (unpaired) electrons. The van der Waals surface area contributed by atoms with Gasteiger partial charge >= 0.3 is 6.18 Å². The van der Waals surface area contributed by atoms with Crippen molar-refractivity contribution in [2.75, 3.05) is 26.9 Å². The summed E-state index contributed by atoms with van der Waals surface area (Å²) in [6, 6.07) is 9.44. The maximum absolute atomic E-state index is 13.9. The SMILES string of the molecule is [2H]C1([2H])OC2CN(C(=O)c3ccc(OC(C)C(F)(F)F)c(OC)c3)CCC2(c2cccc(F)c2)O1. The number of piperidine rings is 1. The number of carbonyl (C=O) groups is 1. The molecule has 0 aromatic heterocycles. The quantitative estimate of drug-likeness (QED) is 0.610. The molecule has 0 N–H and O–H groups in total. The van der Waals surface area contributed by atoms with Crippen molar-refractivity contribution in [3.63, 3.8) is 0 Å². The molecule has 2 fully saturated rings. The van der Waals surface area contributed by atoms with Gasteiger partial charge in [0, 0.05) is 18.5 Å². The average molecular weight is 471 g/mol. The second-order valence-electron chi connectivity index (χ2n) is 7.86. The molecule has 2 aromatic carbocycles. The highest BCUT2D eigenvalue weighted by atomic mass is 19.4. The Hall–Kier alpha value is -2.85. The van der Waals surface area contributed by atoms with Crippen molar-refractivity contribution in [3.8, 4) is 11.5 Å². The summed E-state index contributed by atoms with van der Waals surface area (Å²) >= 11 is 0. The molecule has 2 saturated heterocycles. The van der Waals surface area contributed by atoms with Crippen molar-refractivity contribution in [1.29, 1.82) is 0 Å². The van der Waals surface area contributed by atoms with Gasteiger partial charge in [0.2, 0.25) is 0 Å². The maximum Gasteiger partial charge on any atom is 0.425 e. The first kappa shape index (κ1) is 20.7. The van der Waals surface area contributed by atoms with Crippen LogP contribution in [0, 0.1) is 5.82 Å². The third kappa shape index (κ3) is 4.49. The summed E-state index contributed by atoms with van der Waals surface area (Å²) < 4.78 is 89.5. The Balaban J connectivity index is 1.56. The smallest absolute Gasteiger partial charge is 0.425 e. The van der Waals surface area contributed by atoms with E-state index in [2.05, 4.69) is 0 Å². The topological polar surface area (TPSA) is 57.2 Å². The lowest BCUT2D eigenvalue weighted by molar-refractivity contribution is -0.189. The van der Waals surface area contributed by atoms with E-state index in [4.69, 9.17) is 21.7 Å². The number of likely N-dealkylation sites (tertiary alicyclic amines) is 1. The minimum atomic E-state index is -4.57. The molecule has 178 valence electrons. The molecular weight excluding hydrogens is 446 g/mol. The van der Waals surface area contributed by atoms with Crippen LogP contribution in [0.4, 0.5) is 17.6 Å². The van der Waals surface area contributed by atoms with Crippen LogP contribution >= 0.6 is 0 Å². The molecule has 2 aliphatic rings. The van der Waals surface area contributed by atoms with Gasteiger partial charge in [0.1, 0.15) is 24.3 Å². The Labute approximate surface area is 190 Å². The van der Waals surface area contributed by atoms with Crippen molar-refractivity contribution in [2.45, 2.75) is 37.3 Å². The molecular formula is C23H23F4NO5. The highest BCUT2D eigenvalue weighted by Gasteiger charge is 2.51. The zero-order chi connectivity index (χ0) is 25.6. The number of alkyl halides is 3. The lowest BCUT2D eigenvalue weighted by Gasteiger charge is -2.42. The van der Waals surface area contributed by atoms with E-state index in [-0.39, 0.29) is 36.6 Å². The molecule has 0 saturated carbocycles. The number of carbonyl (C=O) groups excluding carboxylic acids is 1. The summed E-state index contributed by atoms with van der Waals surface area (Å²) in [5, 5.41) is 0. The van der Waals surface area contributed by atoms with Crippen LogP contribution in [0.15, 0.2) is 42.5 Å². The number of ether oxygens (including phenoxy) is 4. The third-order valence-corrected chi connectivity index (χ3v) is 5.85. The zero-order valence-corrected chi connectivity index (χ0v) is 17.8. The summed E-state index contributed by atoms with van der Waals surface area (Å²) in [5.74, 6) is -1.20. The molecule has 0 spiro atoms. The van der Waals surface area contributed by atoms with Gasteiger partial charge < -0.3 is 23.8 Å². The fourth-order valence-corrected chi connectivity index (χ4v) is 3.97. The second kappa shape index (κ2) is 8.83. The third-order valence-electron chi connectivity index (χ3n) is 5.85. The minimum absolute atomic E-state index is 0.0464. The number of hydrogen-bond donors (Lipinski definition) is 0. The van der Waals surface area contributed by atoms with Crippen LogP contribution in [-0.4, -0.2) is 56.1 Å². The normalized spacial score (nSPS) is 26.1. The Kier molecular flexibility index (Phi) is 5.55. The summed E-state index contributed by atoms with van der Waals surface area (Å²) in [5.41, 5.74) is -0.752. The lowest BCUT2D eigenvalue weighted by Crippen LogP contribution is -2.53. The highest BCUT2D eigenvalue weighted by molar-refractivity contribution is 5.95. The van der Waals surface area contributed by atoms with Crippen LogP contribution in [0.1, 0.15) is 32.0 Å². The predicted molar refractivity (Wildman–Crippen MR) is 109 cm³/mol. The molecule has 2 heterocycles. The van der Waals surface area contributed by atoms with E-state index in [1.807, 2.05) is 0 Å². The number of halogens is 4. The van der Waals surface area contributed by atoms with Crippen molar-refractivity contribution in [3.05, 3.63) is 59.4 Å². The van der Waals surface area contributed by atoms with Crippen molar-refractivity contribution in [2.24, 2.45) is 0 Å². The van der Waals surface area contributed by atoms with Gasteiger partial charge in [-0.05, 0) is 42.8 Å². The lowest BCUT2D eigenvalue weighted by atomic mass is 9.82. The van der Waals surface area contributed by atoms with E-state index in [1.54, 1.807) is 6.07 Å². The van der Waals surface area contributed by atoms with Crippen LogP contribution in [0.25, 0.3) is 0 Å². The van der Waals surface area contributed by atoms with E-state index in [1.165, 1.54) is 48.4 Å². The van der Waals surface area contributed by atoms with Gasteiger partial charge in [0.05, 0.1) is 16.4 Å². The number of fused-ring (bicyclic) bond motifs is 1. The molecule has 3 unspecified atom stereocenters. The van der Waals surface area contributed by atoms with Gasteiger partial charge in [-0.3, -0.25) is 4.79 Å². The van der Waals surface area contributed by atoms with Crippen molar-refractivity contribution < 1.29 is 44.0 Å². The van der Waals surface area contributed by atoms with Gasteiger partial charge in [0.15, 0.2) is 17.6 Å². The molecule has 0 aliphatic carbocycles. The maximum atomic E-state index is 13.9. The first-order valence-corrected chi connectivity index (χ1v) is 10.2. The first-order chi connectivity index (χ1) is 16.3. The summed E-state index contributed by atoms with van der Waals surface area (Å²) in [4.78, 5) is 14.6. The van der Waals surface area contributed by atoms with Crippen LogP contribution in [-0.2, 0) is 15.1 Å². The van der Waals surface area contributed by atoms with E-state index in [0.29, 0.717) is 5.56 Å². The van der Waals surface area contributed by atoms with Crippen molar-refractivity contribution >= 4 is 5.91 Å². The molecule has 10 heteroatoms. The standard InChI is InChI=1S/C23H23F4NO5/c1-14(23(25,26)27)33-18-7-6-15(10-19(18)30-2)21(29)28-9-8-22(20(12-28)31-13-32-22)16-4-3-5-17(24)11-16/h3-7,10-11,14,20H,8-9,12-13H2,1-2H3/i13D2. The fourth-order valence-electron chi connectivity index (χ4n) is 3.97. The van der Waals surface area contributed by atoms with Crippen LogP contribution in [0.5, 0.6) is 11.5 Å². The van der Waals surface area contributed by atoms with Crippen LogP contribution < -0.4 is 9.47 Å². The molecule has 3 atom stereocenters. The van der Waals surface area contributed by atoms with E-state index in [9.17, 15) is 22.4 Å². The number of benzene rings is 2. The molecule has 1 amide bonds. The van der Waals surface area contributed by atoms with Gasteiger partial charge in [-0.1, -0.05) is 12.1 Å². The Morgan fingerprint density at radius 3 is 2.76 bits per heavy atom. The number of nitrogens with zero attached hydrogens (tertiary/aromatic N) is 1. The molecule has 2 aliphatic heterocycles. The Morgan fingerprint density at radius 1 is 1.27 bits per heavy atom. The summed E-state index contributed by atoms with van der Waals surface area (Å²) in [7, 11) is 1.24. The Bertz CT molecular complexity index is 1120. The first-order valence-electron chi connectivity index (χ1n) is 11.2. The van der Waals surface area contributed by atoms with Crippen LogP contribution in [0.2, 0.25) is 0 Å². The predicted octanol–water partition coefficient (Wildman–Crippen LogP) is 4.28. The number of amides is 1. The summed E-state index contributed by atoms with van der Waals surface area (Å²) in [6.07, 6.45) is -7.44. The van der Waals surface area contributed by atoms with E-state index in [0.717, 1.165) is 6.92 Å². The fraction of sp³-hybridized carbons (Fsp3) is 0.435. The van der Waals surface area contributed by atoms with E-state index >= 15 is 0 Å². The largest absolute Gasteiger partial charge is 0.493 e. The van der Waals surface area contributed by atoms with Crippen LogP contribution in [0.3, 0.4) is 0 Å². The molecule has 33 heavy (non-hydrogen) atoms. The zero-order valence-electron chi connectivity index (χ0n) is 19.8. The number of hydrogen-bond acceptors (Lipinski definition) is 5. The van der Waals surface area contributed by atoms with Gasteiger partial charge in [-0.15, -0.1) is 0 Å². The van der Waals surface area contributed by atoms with Gasteiger partial charge in [-0.25, -0.2) is 4.39 Å². The minimum Gasteiger partial charge on any atom is -0.493 e. The molecule has 0 bridgehead atoms. The average Bonchev–Trinajstić information content (AvgIpc) is 3.08. The molecule has 6 nitrogen and oxygen atoms in total. The monoisotopic (exact) mass is 471 g/mol. The van der Waals surface area contributed by atoms with Crippen molar-refractivity contribution in [1.82, 2.24) is 4.90 Å². The Morgan fingerprint density at radius 2 is 2.06 bits per heavy atom. The van der Waals surface area contributed by atoms with E-state index < -0.39 is 42.5 Å². The summed E-state index contributed by atoms with van der Waals surface area (Å²) in [6.45, 7) is -1.50. The van der Waals surface area contributed by atoms with Gasteiger partial charge in [0.25, 0.3) is 5.91 Å². The van der Waals surface area contributed by atoms with Gasteiger partial charge in [-0.2, -0.15) is 13.2 Å². The number of methoxy groups -OCH3 is 1. The second-order valence-corrected chi connectivity index (χ2v) is 7.86. The number of rotatable bonds is 5. The molecule has 4 rings (SSSR count). The molecule has 2 aromatic rings.